The van der Waals surface area contributed by atoms with Crippen LogP contribution in [0.15, 0.2) is 23.3 Å². The summed E-state index contributed by atoms with van der Waals surface area (Å²) in [6.45, 7) is 14.9. The number of nitrogens with zero attached hydrogens (tertiary/aromatic N) is 2. The second kappa shape index (κ2) is 17.7. The topological polar surface area (TPSA) is 168 Å². The lowest BCUT2D eigenvalue weighted by Crippen LogP contribution is -2.40. The number of hydrogen-bond acceptors (Lipinski definition) is 8. The number of ether oxygens (including phenoxy) is 2. The molecule has 0 aliphatic rings. The van der Waals surface area contributed by atoms with E-state index in [-0.39, 0.29) is 23.0 Å². The average molecular weight is 515 g/mol. The number of esters is 2. The maximum atomic E-state index is 12.1. The Kier molecular flexibility index (Phi) is 16.9. The van der Waals surface area contributed by atoms with Crippen molar-refractivity contribution in [1.82, 2.24) is 9.80 Å². The van der Waals surface area contributed by atoms with Gasteiger partial charge in [-0.2, -0.15) is 0 Å². The Morgan fingerprint density at radius 3 is 1.39 bits per heavy atom. The van der Waals surface area contributed by atoms with Crippen LogP contribution in [-0.2, 0) is 38.2 Å². The lowest BCUT2D eigenvalue weighted by Gasteiger charge is -2.23. The molecule has 0 unspecified atom stereocenters. The van der Waals surface area contributed by atoms with Gasteiger partial charge < -0.3 is 29.5 Å². The molecule has 2 atom stereocenters. The van der Waals surface area contributed by atoms with Gasteiger partial charge in [0.05, 0.1) is 0 Å². The number of carbonyl (C=O) groups is 6. The van der Waals surface area contributed by atoms with Gasteiger partial charge in [-0.25, -0.2) is 19.2 Å². The lowest BCUT2D eigenvalue weighted by molar-refractivity contribution is -0.156. The van der Waals surface area contributed by atoms with Gasteiger partial charge in [-0.05, 0) is 55.4 Å². The first-order chi connectivity index (χ1) is 16.7. The maximum Gasteiger partial charge on any atom is 0.334 e. The minimum absolute atomic E-state index is 0.0123. The molecule has 0 rings (SSSR count). The van der Waals surface area contributed by atoms with Crippen LogP contribution in [0.25, 0.3) is 0 Å². The predicted molar refractivity (Wildman–Crippen MR) is 130 cm³/mol. The van der Waals surface area contributed by atoms with Crippen molar-refractivity contribution in [2.24, 2.45) is 0 Å². The molecule has 204 valence electrons. The molecular weight excluding hydrogens is 476 g/mol. The zero-order valence-corrected chi connectivity index (χ0v) is 22.2. The Morgan fingerprint density at radius 1 is 0.694 bits per heavy atom. The molecule has 0 saturated carbocycles. The summed E-state index contributed by atoms with van der Waals surface area (Å²) in [4.78, 5) is 71.0. The minimum atomic E-state index is -1.24. The van der Waals surface area contributed by atoms with Gasteiger partial charge in [0.1, 0.15) is 0 Å². The number of carbonyl (C=O) groups excluding carboxylic acids is 4. The number of hydrogen-bond donors (Lipinski definition) is 2. The highest BCUT2D eigenvalue weighted by Crippen LogP contribution is 2.07. The molecule has 0 aromatic rings. The van der Waals surface area contributed by atoms with Crippen molar-refractivity contribution in [1.29, 1.82) is 0 Å². The van der Waals surface area contributed by atoms with Crippen LogP contribution in [0.4, 0.5) is 0 Å². The van der Waals surface area contributed by atoms with Crippen LogP contribution in [-0.4, -0.2) is 94.1 Å². The zero-order chi connectivity index (χ0) is 28.6. The number of amides is 2. The zero-order valence-electron chi connectivity index (χ0n) is 22.2. The summed E-state index contributed by atoms with van der Waals surface area (Å²) in [6.07, 6.45) is -0.314. The molecule has 2 amide bonds. The van der Waals surface area contributed by atoms with Gasteiger partial charge in [0.15, 0.2) is 12.2 Å². The monoisotopic (exact) mass is 514 g/mol. The van der Waals surface area contributed by atoms with Crippen molar-refractivity contribution >= 4 is 35.7 Å². The van der Waals surface area contributed by atoms with E-state index in [1.807, 2.05) is 27.7 Å². The van der Waals surface area contributed by atoms with E-state index in [0.717, 1.165) is 6.08 Å². The number of rotatable bonds is 12. The van der Waals surface area contributed by atoms with Gasteiger partial charge in [0, 0.05) is 49.5 Å². The Balaban J connectivity index is 0. The SMILES string of the molecule is C/C(=C\C(=O)O)C(=O)O.CCN(CC)C(=O)[C@@H](C)OC(=O)/C=C(\C)C(=O)O[C@H](C)C(=O)N(CC)CC. The quantitative estimate of drug-likeness (QED) is 0.288. The third kappa shape index (κ3) is 13.3. The van der Waals surface area contributed by atoms with Crippen molar-refractivity contribution in [2.75, 3.05) is 26.2 Å². The molecule has 0 aliphatic carbocycles. The molecule has 0 radical (unpaired) electrons. The van der Waals surface area contributed by atoms with Crippen molar-refractivity contribution in [3.05, 3.63) is 23.3 Å². The largest absolute Gasteiger partial charge is 0.478 e. The number of aliphatic carboxylic acids is 2. The highest BCUT2D eigenvalue weighted by molar-refractivity contribution is 5.98. The van der Waals surface area contributed by atoms with Gasteiger partial charge in [0.2, 0.25) is 0 Å². The van der Waals surface area contributed by atoms with E-state index in [1.54, 1.807) is 9.80 Å². The first kappa shape index (κ1) is 34.5. The summed E-state index contributed by atoms with van der Waals surface area (Å²) in [5.74, 6) is -4.67. The Morgan fingerprint density at radius 2 is 1.08 bits per heavy atom. The first-order valence-corrected chi connectivity index (χ1v) is 11.5. The van der Waals surface area contributed by atoms with Crippen LogP contribution in [0.2, 0.25) is 0 Å². The van der Waals surface area contributed by atoms with Gasteiger partial charge in [-0.1, -0.05) is 0 Å². The second-order valence-corrected chi connectivity index (χ2v) is 7.45. The standard InChI is InChI=1S/C19H32N2O6.C5H6O4/c1-8-20(9-2)17(23)14(6)26-16(22)12-13(5)19(25)27-15(7)18(24)21(10-3)11-4;1-3(5(8)9)2-4(6)7/h12,14-15H,8-11H2,1-7H3;2H,1H3,(H,6,7)(H,8,9)/b13-12+;3-2+/t14-,15-;/m1./s1. The van der Waals surface area contributed by atoms with Crippen LogP contribution >= 0.6 is 0 Å². The maximum absolute atomic E-state index is 12.1. The molecule has 12 nitrogen and oxygen atoms in total. The minimum Gasteiger partial charge on any atom is -0.478 e. The van der Waals surface area contributed by atoms with Crippen molar-refractivity contribution in [2.45, 2.75) is 67.6 Å². The molecule has 36 heavy (non-hydrogen) atoms. The normalized spacial score (nSPS) is 12.8. The van der Waals surface area contributed by atoms with Crippen LogP contribution in [0.1, 0.15) is 55.4 Å². The third-order valence-electron chi connectivity index (χ3n) is 4.76. The van der Waals surface area contributed by atoms with Crippen LogP contribution in [0.3, 0.4) is 0 Å². The van der Waals surface area contributed by atoms with E-state index in [2.05, 4.69) is 0 Å². The van der Waals surface area contributed by atoms with Crippen molar-refractivity contribution in [3.63, 3.8) is 0 Å². The summed E-state index contributed by atoms with van der Waals surface area (Å²) in [5, 5.41) is 16.1. The Hall–Kier alpha value is -3.70. The second-order valence-electron chi connectivity index (χ2n) is 7.45. The summed E-state index contributed by atoms with van der Waals surface area (Å²) >= 11 is 0. The van der Waals surface area contributed by atoms with E-state index >= 15 is 0 Å². The fourth-order valence-electron chi connectivity index (χ4n) is 2.63. The van der Waals surface area contributed by atoms with Crippen molar-refractivity contribution in [3.8, 4) is 0 Å². The summed E-state index contributed by atoms with van der Waals surface area (Å²) in [6, 6.07) is 0. The summed E-state index contributed by atoms with van der Waals surface area (Å²) in [7, 11) is 0. The van der Waals surface area contributed by atoms with E-state index in [1.165, 1.54) is 27.7 Å². The van der Waals surface area contributed by atoms with Gasteiger partial charge in [-0.3, -0.25) is 9.59 Å². The molecule has 0 spiro atoms. The van der Waals surface area contributed by atoms with Crippen LogP contribution in [0.5, 0.6) is 0 Å². The molecule has 2 N–H and O–H groups in total. The Labute approximate surface area is 211 Å². The third-order valence-corrected chi connectivity index (χ3v) is 4.76. The lowest BCUT2D eigenvalue weighted by atomic mass is 10.2. The highest BCUT2D eigenvalue weighted by atomic mass is 16.6. The molecule has 0 aromatic heterocycles. The first-order valence-electron chi connectivity index (χ1n) is 11.5. The van der Waals surface area contributed by atoms with E-state index < -0.39 is 36.1 Å². The van der Waals surface area contributed by atoms with E-state index in [0.29, 0.717) is 32.3 Å². The molecule has 0 heterocycles. The Bertz CT molecular complexity index is 855. The molecule has 0 fully saturated rings. The van der Waals surface area contributed by atoms with Crippen LogP contribution in [0, 0.1) is 0 Å². The average Bonchev–Trinajstić information content (AvgIpc) is 2.79. The van der Waals surface area contributed by atoms with Crippen molar-refractivity contribution < 1.29 is 48.5 Å². The molecular formula is C24H38N2O10. The van der Waals surface area contributed by atoms with Gasteiger partial charge in [0.25, 0.3) is 11.8 Å². The number of carboxylic acids is 2. The highest BCUT2D eigenvalue weighted by Gasteiger charge is 2.24. The fraction of sp³-hybridized carbons (Fsp3) is 0.583. The number of likely N-dealkylation sites (N-methyl/N-ethyl adjacent to an activating group) is 2. The summed E-state index contributed by atoms with van der Waals surface area (Å²) in [5.41, 5.74) is -0.191. The molecule has 0 bridgehead atoms. The fourth-order valence-corrected chi connectivity index (χ4v) is 2.63. The molecule has 0 aromatic carbocycles. The molecule has 0 saturated heterocycles. The molecule has 12 heteroatoms. The van der Waals surface area contributed by atoms with Crippen LogP contribution < -0.4 is 0 Å². The smallest absolute Gasteiger partial charge is 0.334 e. The molecule has 0 aliphatic heterocycles. The van der Waals surface area contributed by atoms with E-state index in [4.69, 9.17) is 19.7 Å². The summed E-state index contributed by atoms with van der Waals surface area (Å²) < 4.78 is 10.2. The van der Waals surface area contributed by atoms with Gasteiger partial charge >= 0.3 is 23.9 Å². The number of carboxylic acid groups (broad SMARTS) is 2. The predicted octanol–water partition coefficient (Wildman–Crippen LogP) is 1.63. The van der Waals surface area contributed by atoms with Gasteiger partial charge in [-0.15, -0.1) is 0 Å². The van der Waals surface area contributed by atoms with E-state index in [9.17, 15) is 28.8 Å².